The van der Waals surface area contributed by atoms with Crippen LogP contribution in [0.1, 0.15) is 59.2 Å². The van der Waals surface area contributed by atoms with Gasteiger partial charge in [0, 0.05) is 19.0 Å². The fraction of sp³-hybridized carbons (Fsp3) is 0.750. The summed E-state index contributed by atoms with van der Waals surface area (Å²) in [5.74, 6) is 2.90. The molecule has 1 rings (SSSR count). The molecule has 0 radical (unpaired) electrons. The van der Waals surface area contributed by atoms with Crippen LogP contribution in [0.2, 0.25) is 0 Å². The van der Waals surface area contributed by atoms with Gasteiger partial charge in [-0.1, -0.05) is 47.0 Å². The van der Waals surface area contributed by atoms with Crippen LogP contribution in [0.15, 0.2) is 6.07 Å². The maximum absolute atomic E-state index is 5.70. The van der Waals surface area contributed by atoms with Gasteiger partial charge >= 0.3 is 0 Å². The highest BCUT2D eigenvalue weighted by Gasteiger charge is 2.05. The SMILES string of the molecule is CCCCCCNc1cc(OCC(C)C)nc(CC)n1. The molecule has 0 unspecified atom stereocenters. The lowest BCUT2D eigenvalue weighted by Gasteiger charge is -2.11. The van der Waals surface area contributed by atoms with Crippen LogP contribution in [0.5, 0.6) is 5.88 Å². The van der Waals surface area contributed by atoms with Gasteiger partial charge in [-0.05, 0) is 12.3 Å². The monoisotopic (exact) mass is 279 g/mol. The van der Waals surface area contributed by atoms with Crippen molar-refractivity contribution in [2.24, 2.45) is 5.92 Å². The molecule has 1 aromatic rings. The van der Waals surface area contributed by atoms with Gasteiger partial charge in [0.05, 0.1) is 6.61 Å². The van der Waals surface area contributed by atoms with Crippen molar-refractivity contribution in [3.05, 3.63) is 11.9 Å². The smallest absolute Gasteiger partial charge is 0.218 e. The van der Waals surface area contributed by atoms with Crippen molar-refractivity contribution in [3.8, 4) is 5.88 Å². The number of nitrogens with one attached hydrogen (secondary N) is 1. The van der Waals surface area contributed by atoms with Crippen molar-refractivity contribution < 1.29 is 4.74 Å². The average molecular weight is 279 g/mol. The molecule has 20 heavy (non-hydrogen) atoms. The Labute approximate surface area is 123 Å². The molecule has 1 N–H and O–H groups in total. The van der Waals surface area contributed by atoms with Crippen molar-refractivity contribution >= 4 is 5.82 Å². The molecular formula is C16H29N3O. The topological polar surface area (TPSA) is 47.0 Å². The third-order valence-corrected chi connectivity index (χ3v) is 2.97. The number of ether oxygens (including phenoxy) is 1. The first kappa shape index (κ1) is 16.7. The largest absolute Gasteiger partial charge is 0.477 e. The molecule has 0 amide bonds. The van der Waals surface area contributed by atoms with E-state index in [9.17, 15) is 0 Å². The normalized spacial score (nSPS) is 10.8. The zero-order chi connectivity index (χ0) is 14.8. The summed E-state index contributed by atoms with van der Waals surface area (Å²) in [5, 5.41) is 3.38. The number of aryl methyl sites for hydroxylation is 1. The van der Waals surface area contributed by atoms with Gasteiger partial charge in [-0.3, -0.25) is 0 Å². The highest BCUT2D eigenvalue weighted by atomic mass is 16.5. The summed E-state index contributed by atoms with van der Waals surface area (Å²) >= 11 is 0. The molecule has 1 heterocycles. The first-order valence-corrected chi connectivity index (χ1v) is 7.90. The van der Waals surface area contributed by atoms with E-state index in [1.165, 1.54) is 25.7 Å². The number of nitrogens with zero attached hydrogens (tertiary/aromatic N) is 2. The van der Waals surface area contributed by atoms with Gasteiger partial charge in [0.25, 0.3) is 0 Å². The maximum Gasteiger partial charge on any atom is 0.218 e. The van der Waals surface area contributed by atoms with E-state index >= 15 is 0 Å². The lowest BCUT2D eigenvalue weighted by Crippen LogP contribution is -2.10. The Morgan fingerprint density at radius 3 is 2.60 bits per heavy atom. The van der Waals surface area contributed by atoms with Crippen molar-refractivity contribution in [1.82, 2.24) is 9.97 Å². The van der Waals surface area contributed by atoms with E-state index in [-0.39, 0.29) is 0 Å². The molecule has 0 aliphatic rings. The molecule has 0 aliphatic carbocycles. The lowest BCUT2D eigenvalue weighted by atomic mass is 10.2. The first-order chi connectivity index (χ1) is 9.65. The fourth-order valence-corrected chi connectivity index (χ4v) is 1.82. The van der Waals surface area contributed by atoms with E-state index in [0.29, 0.717) is 18.4 Å². The highest BCUT2D eigenvalue weighted by Crippen LogP contribution is 2.15. The van der Waals surface area contributed by atoms with E-state index in [2.05, 4.69) is 43.0 Å². The van der Waals surface area contributed by atoms with Crippen molar-refractivity contribution in [2.45, 2.75) is 59.8 Å². The second kappa shape index (κ2) is 9.56. The summed E-state index contributed by atoms with van der Waals surface area (Å²) in [6, 6.07) is 1.90. The van der Waals surface area contributed by atoms with Gasteiger partial charge in [-0.15, -0.1) is 0 Å². The summed E-state index contributed by atoms with van der Waals surface area (Å²) in [6.07, 6.45) is 5.84. The Kier molecular flexibility index (Phi) is 8.00. The summed E-state index contributed by atoms with van der Waals surface area (Å²) < 4.78 is 5.70. The lowest BCUT2D eigenvalue weighted by molar-refractivity contribution is 0.260. The summed E-state index contributed by atoms with van der Waals surface area (Å²) in [6.45, 7) is 10.2. The van der Waals surface area contributed by atoms with Crippen LogP contribution in [-0.2, 0) is 6.42 Å². The van der Waals surface area contributed by atoms with Crippen LogP contribution in [0, 0.1) is 5.92 Å². The molecule has 0 spiro atoms. The van der Waals surface area contributed by atoms with Gasteiger partial charge < -0.3 is 10.1 Å². The van der Waals surface area contributed by atoms with E-state index in [1.807, 2.05) is 6.07 Å². The van der Waals surface area contributed by atoms with Gasteiger partial charge in [-0.2, -0.15) is 4.98 Å². The molecule has 0 fully saturated rings. The van der Waals surface area contributed by atoms with Gasteiger partial charge in [0.1, 0.15) is 11.6 Å². The molecule has 0 aromatic carbocycles. The number of hydrogen-bond acceptors (Lipinski definition) is 4. The molecule has 0 atom stereocenters. The van der Waals surface area contributed by atoms with Crippen LogP contribution in [0.25, 0.3) is 0 Å². The van der Waals surface area contributed by atoms with Crippen LogP contribution in [0.3, 0.4) is 0 Å². The number of anilines is 1. The van der Waals surface area contributed by atoms with Crippen LogP contribution in [-0.4, -0.2) is 23.1 Å². The Morgan fingerprint density at radius 1 is 1.15 bits per heavy atom. The molecular weight excluding hydrogens is 250 g/mol. The quantitative estimate of drug-likeness (QED) is 0.656. The van der Waals surface area contributed by atoms with Gasteiger partial charge in [-0.25, -0.2) is 4.98 Å². The number of rotatable bonds is 10. The molecule has 0 saturated heterocycles. The molecule has 1 aromatic heterocycles. The van der Waals surface area contributed by atoms with E-state index in [1.54, 1.807) is 0 Å². The molecule has 0 aliphatic heterocycles. The third kappa shape index (κ3) is 6.73. The second-order valence-corrected chi connectivity index (χ2v) is 5.55. The van der Waals surface area contributed by atoms with E-state index in [0.717, 1.165) is 24.6 Å². The first-order valence-electron chi connectivity index (χ1n) is 7.90. The average Bonchev–Trinajstić information content (AvgIpc) is 2.44. The molecule has 0 bridgehead atoms. The van der Waals surface area contributed by atoms with Crippen LogP contribution in [0.4, 0.5) is 5.82 Å². The Hall–Kier alpha value is -1.32. The Bertz CT molecular complexity index is 380. The van der Waals surface area contributed by atoms with Crippen LogP contribution >= 0.6 is 0 Å². The van der Waals surface area contributed by atoms with Crippen LogP contribution < -0.4 is 10.1 Å². The zero-order valence-electron chi connectivity index (χ0n) is 13.4. The molecule has 4 nitrogen and oxygen atoms in total. The number of unbranched alkanes of at least 4 members (excludes halogenated alkanes) is 3. The van der Waals surface area contributed by atoms with Gasteiger partial charge in [0.2, 0.25) is 5.88 Å². The number of hydrogen-bond donors (Lipinski definition) is 1. The summed E-state index contributed by atoms with van der Waals surface area (Å²) in [4.78, 5) is 8.90. The van der Waals surface area contributed by atoms with E-state index in [4.69, 9.17) is 4.74 Å². The van der Waals surface area contributed by atoms with Gasteiger partial charge in [0.15, 0.2) is 0 Å². The van der Waals surface area contributed by atoms with E-state index < -0.39 is 0 Å². The minimum Gasteiger partial charge on any atom is -0.477 e. The highest BCUT2D eigenvalue weighted by molar-refractivity contribution is 5.38. The minimum atomic E-state index is 0.500. The number of aromatic nitrogens is 2. The maximum atomic E-state index is 5.70. The molecule has 0 saturated carbocycles. The Balaban J connectivity index is 2.53. The fourth-order valence-electron chi connectivity index (χ4n) is 1.82. The van der Waals surface area contributed by atoms with Crippen molar-refractivity contribution in [1.29, 1.82) is 0 Å². The third-order valence-electron chi connectivity index (χ3n) is 2.97. The molecule has 114 valence electrons. The summed E-state index contributed by atoms with van der Waals surface area (Å²) in [5.41, 5.74) is 0. The second-order valence-electron chi connectivity index (χ2n) is 5.55. The zero-order valence-corrected chi connectivity index (χ0v) is 13.4. The minimum absolute atomic E-state index is 0.500. The Morgan fingerprint density at radius 2 is 1.95 bits per heavy atom. The standard InChI is InChI=1S/C16H29N3O/c1-5-7-8-9-10-17-15-11-16(20-12-13(3)4)19-14(6-2)18-15/h11,13H,5-10,12H2,1-4H3,(H,17,18,19). The van der Waals surface area contributed by atoms with Crippen molar-refractivity contribution in [3.63, 3.8) is 0 Å². The summed E-state index contributed by atoms with van der Waals surface area (Å²) in [7, 11) is 0. The predicted molar refractivity (Wildman–Crippen MR) is 84.4 cm³/mol. The van der Waals surface area contributed by atoms with Crippen molar-refractivity contribution in [2.75, 3.05) is 18.5 Å². The predicted octanol–water partition coefficient (Wildman–Crippen LogP) is 4.07. The molecule has 4 heteroatoms.